The molecular formula is C24H23FN2O4. The van der Waals surface area contributed by atoms with Crippen LogP contribution in [0.1, 0.15) is 43.2 Å². The molecule has 0 spiro atoms. The van der Waals surface area contributed by atoms with Gasteiger partial charge in [0.2, 0.25) is 0 Å². The average molecular weight is 422 g/mol. The predicted octanol–water partition coefficient (Wildman–Crippen LogP) is 4.20. The van der Waals surface area contributed by atoms with Crippen LogP contribution in [0.5, 0.6) is 5.75 Å². The van der Waals surface area contributed by atoms with Crippen molar-refractivity contribution in [2.45, 2.75) is 44.8 Å². The lowest BCUT2D eigenvalue weighted by Gasteiger charge is -2.35. The van der Waals surface area contributed by atoms with E-state index in [1.54, 1.807) is 36.4 Å². The van der Waals surface area contributed by atoms with Crippen LogP contribution in [0.3, 0.4) is 0 Å². The number of ether oxygens (including phenoxy) is 1. The smallest absolute Gasteiger partial charge is 0.331 e. The molecule has 4 rings (SSSR count). The van der Waals surface area contributed by atoms with Crippen LogP contribution < -0.4 is 10.1 Å². The lowest BCUT2D eigenvalue weighted by Crippen LogP contribution is -2.58. The van der Waals surface area contributed by atoms with Crippen molar-refractivity contribution in [3.8, 4) is 5.75 Å². The fourth-order valence-electron chi connectivity index (χ4n) is 3.97. The summed E-state index contributed by atoms with van der Waals surface area (Å²) >= 11 is 0. The number of barbiturate groups is 1. The standard InChI is InChI=1S/C24H23FN2O4/c25-18-12-10-16(11-13-18)15-31-21-9-5-4-6-17(21)14-20-22(28)26-24(30)27(23(20)29)19-7-2-1-3-8-19/h4-6,9-14,19H,1-3,7-8,15H2,(H,26,28,30). The van der Waals surface area contributed by atoms with Gasteiger partial charge in [-0.1, -0.05) is 49.6 Å². The third-order valence-corrected chi connectivity index (χ3v) is 5.60. The van der Waals surface area contributed by atoms with Gasteiger partial charge < -0.3 is 4.74 Å². The minimum Gasteiger partial charge on any atom is -0.488 e. The van der Waals surface area contributed by atoms with E-state index in [9.17, 15) is 18.8 Å². The maximum atomic E-state index is 13.1. The number of amides is 4. The molecule has 4 amide bonds. The molecule has 0 atom stereocenters. The van der Waals surface area contributed by atoms with Gasteiger partial charge in [0.1, 0.15) is 23.7 Å². The first-order valence-electron chi connectivity index (χ1n) is 10.4. The van der Waals surface area contributed by atoms with Crippen LogP contribution in [0.2, 0.25) is 0 Å². The zero-order valence-electron chi connectivity index (χ0n) is 17.0. The lowest BCUT2D eigenvalue weighted by atomic mass is 9.93. The van der Waals surface area contributed by atoms with Crippen LogP contribution >= 0.6 is 0 Å². The Labute approximate surface area is 179 Å². The second-order valence-corrected chi connectivity index (χ2v) is 7.74. The number of rotatable bonds is 5. The second kappa shape index (κ2) is 9.12. The summed E-state index contributed by atoms with van der Waals surface area (Å²) in [4.78, 5) is 39.1. The Morgan fingerprint density at radius 2 is 1.71 bits per heavy atom. The number of nitrogens with zero attached hydrogens (tertiary/aromatic N) is 1. The summed E-state index contributed by atoms with van der Waals surface area (Å²) < 4.78 is 18.9. The van der Waals surface area contributed by atoms with Crippen molar-refractivity contribution < 1.29 is 23.5 Å². The maximum absolute atomic E-state index is 13.1. The van der Waals surface area contributed by atoms with E-state index in [0.717, 1.165) is 37.7 Å². The normalized spacial score (nSPS) is 18.9. The van der Waals surface area contributed by atoms with Crippen molar-refractivity contribution in [2.75, 3.05) is 0 Å². The summed E-state index contributed by atoms with van der Waals surface area (Å²) in [5, 5.41) is 2.29. The molecule has 0 unspecified atom stereocenters. The van der Waals surface area contributed by atoms with E-state index in [1.165, 1.54) is 23.1 Å². The quantitative estimate of drug-likeness (QED) is 0.579. The van der Waals surface area contributed by atoms with Gasteiger partial charge in [-0.05, 0) is 42.7 Å². The van der Waals surface area contributed by atoms with Crippen LogP contribution in [0.4, 0.5) is 9.18 Å². The highest BCUT2D eigenvalue weighted by molar-refractivity contribution is 6.31. The first-order valence-corrected chi connectivity index (χ1v) is 10.4. The Morgan fingerprint density at radius 1 is 1.00 bits per heavy atom. The number of hydrogen-bond acceptors (Lipinski definition) is 4. The number of imide groups is 2. The highest BCUT2D eigenvalue weighted by atomic mass is 19.1. The maximum Gasteiger partial charge on any atom is 0.331 e. The minimum atomic E-state index is -0.713. The topological polar surface area (TPSA) is 75.7 Å². The van der Waals surface area contributed by atoms with Gasteiger partial charge >= 0.3 is 6.03 Å². The Kier molecular flexibility index (Phi) is 6.11. The number of halogens is 1. The summed E-state index contributed by atoms with van der Waals surface area (Å²) in [6.45, 7) is 0.202. The molecule has 1 aliphatic heterocycles. The number of nitrogens with one attached hydrogen (secondary N) is 1. The summed E-state index contributed by atoms with van der Waals surface area (Å²) in [5.41, 5.74) is 1.23. The van der Waals surface area contributed by atoms with Gasteiger partial charge in [0, 0.05) is 11.6 Å². The van der Waals surface area contributed by atoms with Crippen molar-refractivity contribution in [1.82, 2.24) is 10.2 Å². The summed E-state index contributed by atoms with van der Waals surface area (Å²) in [6, 6.07) is 12.1. The van der Waals surface area contributed by atoms with E-state index in [0.29, 0.717) is 11.3 Å². The first-order chi connectivity index (χ1) is 15.0. The zero-order valence-corrected chi connectivity index (χ0v) is 17.0. The number of carbonyl (C=O) groups is 3. The lowest BCUT2D eigenvalue weighted by molar-refractivity contribution is -0.132. The number of para-hydroxylation sites is 1. The van der Waals surface area contributed by atoms with E-state index in [1.807, 2.05) is 0 Å². The number of urea groups is 1. The largest absolute Gasteiger partial charge is 0.488 e. The monoisotopic (exact) mass is 422 g/mol. The zero-order chi connectivity index (χ0) is 21.8. The summed E-state index contributed by atoms with van der Waals surface area (Å²) in [7, 11) is 0. The van der Waals surface area contributed by atoms with E-state index in [4.69, 9.17) is 4.74 Å². The molecule has 6 nitrogen and oxygen atoms in total. The van der Waals surface area contributed by atoms with Crippen molar-refractivity contribution >= 4 is 23.9 Å². The minimum absolute atomic E-state index is 0.0944. The highest BCUT2D eigenvalue weighted by Crippen LogP contribution is 2.28. The van der Waals surface area contributed by atoms with E-state index in [2.05, 4.69) is 5.32 Å². The predicted molar refractivity (Wildman–Crippen MR) is 112 cm³/mol. The molecule has 0 bridgehead atoms. The number of benzene rings is 2. The Balaban J connectivity index is 1.57. The Bertz CT molecular complexity index is 1030. The van der Waals surface area contributed by atoms with Crippen molar-refractivity contribution in [1.29, 1.82) is 0 Å². The molecule has 0 radical (unpaired) electrons. The van der Waals surface area contributed by atoms with Gasteiger partial charge in [-0.3, -0.25) is 19.8 Å². The molecule has 1 saturated carbocycles. The fourth-order valence-corrected chi connectivity index (χ4v) is 3.97. The SMILES string of the molecule is O=C1NC(=O)N(C2CCCCC2)C(=O)C1=Cc1ccccc1OCc1ccc(F)cc1. The first kappa shape index (κ1) is 20.8. The molecule has 2 fully saturated rings. The van der Waals surface area contributed by atoms with Gasteiger partial charge in [0.15, 0.2) is 0 Å². The molecule has 2 aromatic rings. The number of carbonyl (C=O) groups excluding carboxylic acids is 3. The average Bonchev–Trinajstić information content (AvgIpc) is 2.77. The van der Waals surface area contributed by atoms with Gasteiger partial charge in [-0.2, -0.15) is 0 Å². The van der Waals surface area contributed by atoms with Crippen molar-refractivity contribution in [3.63, 3.8) is 0 Å². The molecule has 1 heterocycles. The van der Waals surface area contributed by atoms with Crippen molar-refractivity contribution in [2.24, 2.45) is 0 Å². The molecule has 2 aromatic carbocycles. The third kappa shape index (κ3) is 4.66. The Hall–Kier alpha value is -3.48. The van der Waals surface area contributed by atoms with Gasteiger partial charge in [0.05, 0.1) is 0 Å². The molecule has 7 heteroatoms. The molecule has 31 heavy (non-hydrogen) atoms. The Morgan fingerprint density at radius 3 is 2.45 bits per heavy atom. The van der Waals surface area contributed by atoms with E-state index >= 15 is 0 Å². The van der Waals surface area contributed by atoms with Gasteiger partial charge in [0.25, 0.3) is 11.8 Å². The van der Waals surface area contributed by atoms with Crippen LogP contribution in [0, 0.1) is 5.82 Å². The molecule has 1 N–H and O–H groups in total. The van der Waals surface area contributed by atoms with Crippen LogP contribution in [0.25, 0.3) is 6.08 Å². The summed E-state index contributed by atoms with van der Waals surface area (Å²) in [5.74, 6) is -1.14. The van der Waals surface area contributed by atoms with Gasteiger partial charge in [-0.25, -0.2) is 9.18 Å². The molecule has 0 aromatic heterocycles. The van der Waals surface area contributed by atoms with Crippen molar-refractivity contribution in [3.05, 3.63) is 71.0 Å². The molecule has 2 aliphatic rings. The molecule has 1 saturated heterocycles. The molecule has 160 valence electrons. The third-order valence-electron chi connectivity index (χ3n) is 5.60. The van der Waals surface area contributed by atoms with E-state index in [-0.39, 0.29) is 24.0 Å². The number of hydrogen-bond donors (Lipinski definition) is 1. The second-order valence-electron chi connectivity index (χ2n) is 7.74. The van der Waals surface area contributed by atoms with Crippen LogP contribution in [-0.4, -0.2) is 28.8 Å². The molecular weight excluding hydrogens is 399 g/mol. The summed E-state index contributed by atoms with van der Waals surface area (Å²) in [6.07, 6.45) is 5.94. The van der Waals surface area contributed by atoms with Crippen LogP contribution in [0.15, 0.2) is 54.1 Å². The fraction of sp³-hybridized carbons (Fsp3) is 0.292. The van der Waals surface area contributed by atoms with Crippen LogP contribution in [-0.2, 0) is 16.2 Å². The highest BCUT2D eigenvalue weighted by Gasteiger charge is 2.40. The molecule has 1 aliphatic carbocycles. The van der Waals surface area contributed by atoms with E-state index < -0.39 is 17.8 Å². The van der Waals surface area contributed by atoms with Gasteiger partial charge in [-0.15, -0.1) is 0 Å².